The minimum Gasteiger partial charge on any atom is -0.409 e. The zero-order valence-electron chi connectivity index (χ0n) is 11.9. The molecule has 0 spiro atoms. The van der Waals surface area contributed by atoms with E-state index >= 15 is 0 Å². The summed E-state index contributed by atoms with van der Waals surface area (Å²) in [6.45, 7) is 5.06. The van der Waals surface area contributed by atoms with E-state index in [4.69, 9.17) is 10.9 Å². The van der Waals surface area contributed by atoms with Gasteiger partial charge in [-0.1, -0.05) is 5.16 Å². The van der Waals surface area contributed by atoms with Crippen LogP contribution in [0.15, 0.2) is 11.2 Å². The van der Waals surface area contributed by atoms with Crippen LogP contribution < -0.4 is 5.73 Å². The van der Waals surface area contributed by atoms with E-state index in [1.165, 1.54) is 0 Å². The molecule has 0 radical (unpaired) electrons. The van der Waals surface area contributed by atoms with Gasteiger partial charge in [-0.05, 0) is 39.2 Å². The highest BCUT2D eigenvalue weighted by molar-refractivity contribution is 5.97. The zero-order valence-corrected chi connectivity index (χ0v) is 11.9. The van der Waals surface area contributed by atoms with Gasteiger partial charge in [0.2, 0.25) is 0 Å². The van der Waals surface area contributed by atoms with Crippen molar-refractivity contribution in [1.82, 2.24) is 14.7 Å². The fourth-order valence-corrected chi connectivity index (χ4v) is 2.65. The number of aryl methyl sites for hydroxylation is 2. The van der Waals surface area contributed by atoms with Crippen molar-refractivity contribution in [3.8, 4) is 0 Å². The molecule has 7 nitrogen and oxygen atoms in total. The molecule has 0 bridgehead atoms. The van der Waals surface area contributed by atoms with Crippen LogP contribution in [0, 0.1) is 6.92 Å². The Balaban J connectivity index is 2.29. The summed E-state index contributed by atoms with van der Waals surface area (Å²) in [5, 5.41) is 16.2. The lowest BCUT2D eigenvalue weighted by Crippen LogP contribution is -2.51. The number of rotatable bonds is 3. The summed E-state index contributed by atoms with van der Waals surface area (Å²) in [7, 11) is 0. The number of amidine groups is 1. The van der Waals surface area contributed by atoms with Crippen LogP contribution in [0.4, 0.5) is 0 Å². The van der Waals surface area contributed by atoms with E-state index in [9.17, 15) is 4.79 Å². The molecule has 1 atom stereocenters. The number of aromatic nitrogens is 2. The molecule has 1 aromatic heterocycles. The standard InChI is InChI=1S/C13H21N5O2/c1-3-18-11(8-9(2)15-18)13(19)17-7-5-4-6-10(17)12(14)16-20/h8,10,20H,3-7H2,1-2H3,(H2,14,16). The number of piperidine rings is 1. The smallest absolute Gasteiger partial charge is 0.272 e. The number of likely N-dealkylation sites (tertiary alicyclic amines) is 1. The third-order valence-corrected chi connectivity index (χ3v) is 3.64. The van der Waals surface area contributed by atoms with Crippen molar-refractivity contribution in [3.63, 3.8) is 0 Å². The Labute approximate surface area is 118 Å². The van der Waals surface area contributed by atoms with Crippen molar-refractivity contribution in [2.45, 2.75) is 45.7 Å². The van der Waals surface area contributed by atoms with Gasteiger partial charge in [-0.15, -0.1) is 0 Å². The fourth-order valence-electron chi connectivity index (χ4n) is 2.65. The molecule has 1 aromatic rings. The molecule has 1 saturated heterocycles. The van der Waals surface area contributed by atoms with E-state index in [1.807, 2.05) is 13.8 Å². The highest BCUT2D eigenvalue weighted by Crippen LogP contribution is 2.20. The largest absolute Gasteiger partial charge is 0.409 e. The number of carbonyl (C=O) groups excluding carboxylic acids is 1. The van der Waals surface area contributed by atoms with Crippen LogP contribution in [-0.4, -0.2) is 44.2 Å². The second-order valence-electron chi connectivity index (χ2n) is 5.02. The van der Waals surface area contributed by atoms with E-state index in [1.54, 1.807) is 15.6 Å². The number of nitrogens with zero attached hydrogens (tertiary/aromatic N) is 4. The van der Waals surface area contributed by atoms with E-state index in [0.717, 1.165) is 25.0 Å². The first-order valence-corrected chi connectivity index (χ1v) is 6.91. The van der Waals surface area contributed by atoms with Gasteiger partial charge in [0.1, 0.15) is 5.69 Å². The van der Waals surface area contributed by atoms with Crippen molar-refractivity contribution in [3.05, 3.63) is 17.5 Å². The van der Waals surface area contributed by atoms with Crippen molar-refractivity contribution >= 4 is 11.7 Å². The SMILES string of the molecule is CCn1nc(C)cc1C(=O)N1CCCCC1C(N)=NO. The van der Waals surface area contributed by atoms with E-state index < -0.39 is 0 Å². The summed E-state index contributed by atoms with van der Waals surface area (Å²) in [6, 6.07) is 1.45. The van der Waals surface area contributed by atoms with Gasteiger partial charge in [0, 0.05) is 13.1 Å². The molecule has 7 heteroatoms. The number of hydrogen-bond acceptors (Lipinski definition) is 4. The quantitative estimate of drug-likeness (QED) is 0.372. The first-order chi connectivity index (χ1) is 9.58. The Morgan fingerprint density at radius 1 is 1.60 bits per heavy atom. The van der Waals surface area contributed by atoms with Crippen LogP contribution in [0.2, 0.25) is 0 Å². The molecule has 0 aromatic carbocycles. The fraction of sp³-hybridized carbons (Fsp3) is 0.615. The third kappa shape index (κ3) is 2.61. The lowest BCUT2D eigenvalue weighted by atomic mass is 10.0. The van der Waals surface area contributed by atoms with Crippen molar-refractivity contribution in [2.75, 3.05) is 6.54 Å². The number of amides is 1. The highest BCUT2D eigenvalue weighted by Gasteiger charge is 2.32. The van der Waals surface area contributed by atoms with E-state index in [-0.39, 0.29) is 17.8 Å². The van der Waals surface area contributed by atoms with Crippen LogP contribution in [-0.2, 0) is 6.54 Å². The minimum absolute atomic E-state index is 0.0948. The predicted molar refractivity (Wildman–Crippen MR) is 74.7 cm³/mol. The molecule has 1 aliphatic rings. The molecule has 0 saturated carbocycles. The molecular formula is C13H21N5O2. The van der Waals surface area contributed by atoms with Crippen molar-refractivity contribution in [1.29, 1.82) is 0 Å². The molecule has 0 aliphatic carbocycles. The molecule has 110 valence electrons. The zero-order chi connectivity index (χ0) is 14.7. The molecule has 3 N–H and O–H groups in total. The van der Waals surface area contributed by atoms with Crippen LogP contribution >= 0.6 is 0 Å². The molecule has 1 aliphatic heterocycles. The molecule has 2 rings (SSSR count). The van der Waals surface area contributed by atoms with Crippen molar-refractivity contribution < 1.29 is 10.0 Å². The van der Waals surface area contributed by atoms with Crippen LogP contribution in [0.25, 0.3) is 0 Å². The number of oxime groups is 1. The Hall–Kier alpha value is -2.05. The maximum Gasteiger partial charge on any atom is 0.272 e. The Morgan fingerprint density at radius 2 is 2.35 bits per heavy atom. The second-order valence-corrected chi connectivity index (χ2v) is 5.02. The average molecular weight is 279 g/mol. The van der Waals surface area contributed by atoms with Crippen molar-refractivity contribution in [2.24, 2.45) is 10.9 Å². The lowest BCUT2D eigenvalue weighted by molar-refractivity contribution is 0.0664. The third-order valence-electron chi connectivity index (χ3n) is 3.64. The molecule has 1 fully saturated rings. The van der Waals surface area contributed by atoms with E-state index in [0.29, 0.717) is 18.8 Å². The van der Waals surface area contributed by atoms with Gasteiger partial charge in [-0.25, -0.2) is 0 Å². The molecule has 2 heterocycles. The van der Waals surface area contributed by atoms with Crippen LogP contribution in [0.1, 0.15) is 42.4 Å². The van der Waals surface area contributed by atoms with Gasteiger partial charge < -0.3 is 15.8 Å². The maximum atomic E-state index is 12.7. The van der Waals surface area contributed by atoms with Gasteiger partial charge in [0.25, 0.3) is 5.91 Å². The topological polar surface area (TPSA) is 96.7 Å². The summed E-state index contributed by atoms with van der Waals surface area (Å²) >= 11 is 0. The molecule has 1 amide bonds. The number of hydrogen-bond donors (Lipinski definition) is 2. The lowest BCUT2D eigenvalue weighted by Gasteiger charge is -2.34. The van der Waals surface area contributed by atoms with Crippen LogP contribution in [0.3, 0.4) is 0 Å². The van der Waals surface area contributed by atoms with Gasteiger partial charge in [-0.2, -0.15) is 5.10 Å². The maximum absolute atomic E-state index is 12.7. The number of nitrogens with two attached hydrogens (primary N) is 1. The highest BCUT2D eigenvalue weighted by atomic mass is 16.4. The summed E-state index contributed by atoms with van der Waals surface area (Å²) in [5.74, 6) is -0.0129. The first kappa shape index (κ1) is 14.4. The average Bonchev–Trinajstić information content (AvgIpc) is 2.86. The second kappa shape index (κ2) is 5.94. The Kier molecular flexibility index (Phi) is 4.26. The monoisotopic (exact) mass is 279 g/mol. The Morgan fingerprint density at radius 3 is 3.00 bits per heavy atom. The van der Waals surface area contributed by atoms with Crippen LogP contribution in [0.5, 0.6) is 0 Å². The minimum atomic E-state index is -0.332. The first-order valence-electron chi connectivity index (χ1n) is 6.91. The summed E-state index contributed by atoms with van der Waals surface area (Å²) in [5.41, 5.74) is 7.08. The van der Waals surface area contributed by atoms with Gasteiger partial charge >= 0.3 is 0 Å². The van der Waals surface area contributed by atoms with Gasteiger partial charge in [0.05, 0.1) is 11.7 Å². The summed E-state index contributed by atoms with van der Waals surface area (Å²) in [4.78, 5) is 14.4. The summed E-state index contributed by atoms with van der Waals surface area (Å²) < 4.78 is 1.69. The molecule has 1 unspecified atom stereocenters. The van der Waals surface area contributed by atoms with E-state index in [2.05, 4.69) is 10.3 Å². The van der Waals surface area contributed by atoms with Gasteiger partial charge in [0.15, 0.2) is 5.84 Å². The molecular weight excluding hydrogens is 258 g/mol. The predicted octanol–water partition coefficient (Wildman–Crippen LogP) is 0.953. The normalized spacial score (nSPS) is 20.2. The molecule has 20 heavy (non-hydrogen) atoms. The number of carbonyl (C=O) groups is 1. The van der Waals surface area contributed by atoms with Gasteiger partial charge in [-0.3, -0.25) is 9.48 Å². The Bertz CT molecular complexity index is 523. The summed E-state index contributed by atoms with van der Waals surface area (Å²) in [6.07, 6.45) is 2.62.